The Hall–Kier alpha value is -2.90. The Morgan fingerprint density at radius 2 is 1.90 bits per heavy atom. The summed E-state index contributed by atoms with van der Waals surface area (Å²) in [6.45, 7) is 1.47. The van der Waals surface area contributed by atoms with Gasteiger partial charge in [0, 0.05) is 12.4 Å². The Morgan fingerprint density at radius 1 is 1.10 bits per heavy atom. The molecule has 3 rings (SSSR count). The first-order chi connectivity index (χ1) is 10.1. The molecule has 0 spiro atoms. The van der Waals surface area contributed by atoms with E-state index in [1.54, 1.807) is 6.20 Å². The second-order valence-electron chi connectivity index (χ2n) is 4.35. The van der Waals surface area contributed by atoms with Crippen molar-refractivity contribution in [3.8, 4) is 17.3 Å². The summed E-state index contributed by atoms with van der Waals surface area (Å²) in [5.41, 5.74) is 5.74. The Labute approximate surface area is 118 Å². The Balaban J connectivity index is 2.18. The SMILES string of the molecule is Cc1ccc(-c2nc(N)nc(-n3ccnc3)n2)c(F)c1F. The maximum atomic E-state index is 14.0. The number of benzene rings is 1. The van der Waals surface area contributed by atoms with Gasteiger partial charge < -0.3 is 5.73 Å². The highest BCUT2D eigenvalue weighted by Crippen LogP contribution is 2.24. The number of imidazole rings is 1. The van der Waals surface area contributed by atoms with Crippen molar-refractivity contribution in [2.75, 3.05) is 5.73 Å². The van der Waals surface area contributed by atoms with Crippen molar-refractivity contribution in [3.63, 3.8) is 0 Å². The van der Waals surface area contributed by atoms with Crippen molar-refractivity contribution in [2.45, 2.75) is 6.92 Å². The molecule has 2 heterocycles. The van der Waals surface area contributed by atoms with Gasteiger partial charge in [-0.2, -0.15) is 15.0 Å². The lowest BCUT2D eigenvalue weighted by molar-refractivity contribution is 0.505. The van der Waals surface area contributed by atoms with Gasteiger partial charge in [-0.05, 0) is 18.6 Å². The molecule has 0 radical (unpaired) electrons. The van der Waals surface area contributed by atoms with Crippen LogP contribution < -0.4 is 5.73 Å². The average molecular weight is 288 g/mol. The maximum Gasteiger partial charge on any atom is 0.240 e. The third-order valence-corrected chi connectivity index (χ3v) is 2.89. The summed E-state index contributed by atoms with van der Waals surface area (Å²) in [7, 11) is 0. The zero-order valence-electron chi connectivity index (χ0n) is 11.0. The molecule has 0 unspecified atom stereocenters. The number of aryl methyl sites for hydroxylation is 1. The van der Waals surface area contributed by atoms with Crippen molar-refractivity contribution in [3.05, 3.63) is 48.1 Å². The molecule has 0 aliphatic rings. The Morgan fingerprint density at radius 3 is 2.62 bits per heavy atom. The molecular formula is C13H10F2N6. The van der Waals surface area contributed by atoms with Gasteiger partial charge in [0.25, 0.3) is 0 Å². The quantitative estimate of drug-likeness (QED) is 0.778. The third kappa shape index (κ3) is 2.31. The van der Waals surface area contributed by atoms with Gasteiger partial charge in [-0.15, -0.1) is 0 Å². The highest BCUT2D eigenvalue weighted by molar-refractivity contribution is 5.58. The zero-order chi connectivity index (χ0) is 15.0. The van der Waals surface area contributed by atoms with E-state index in [0.717, 1.165) is 0 Å². The number of aromatic nitrogens is 5. The largest absolute Gasteiger partial charge is 0.368 e. The second kappa shape index (κ2) is 4.89. The molecule has 8 heteroatoms. The van der Waals surface area contributed by atoms with E-state index < -0.39 is 11.6 Å². The monoisotopic (exact) mass is 288 g/mol. The first-order valence-electron chi connectivity index (χ1n) is 6.01. The Kier molecular flexibility index (Phi) is 3.05. The first kappa shape index (κ1) is 13.1. The van der Waals surface area contributed by atoms with E-state index >= 15 is 0 Å². The van der Waals surface area contributed by atoms with Crippen LogP contribution in [0.2, 0.25) is 0 Å². The van der Waals surface area contributed by atoms with Crippen molar-refractivity contribution in [1.82, 2.24) is 24.5 Å². The molecule has 0 atom stereocenters. The van der Waals surface area contributed by atoms with Gasteiger partial charge in [0.05, 0.1) is 5.56 Å². The van der Waals surface area contributed by atoms with Gasteiger partial charge in [-0.3, -0.25) is 4.57 Å². The summed E-state index contributed by atoms with van der Waals surface area (Å²) < 4.78 is 29.2. The fourth-order valence-corrected chi connectivity index (χ4v) is 1.81. The summed E-state index contributed by atoms with van der Waals surface area (Å²) in [4.78, 5) is 15.7. The zero-order valence-corrected chi connectivity index (χ0v) is 11.0. The molecule has 0 saturated carbocycles. The minimum Gasteiger partial charge on any atom is -0.368 e. The molecular weight excluding hydrogens is 278 g/mol. The minimum absolute atomic E-state index is 0.0393. The number of nitrogens with zero attached hydrogens (tertiary/aromatic N) is 5. The number of hydrogen-bond acceptors (Lipinski definition) is 5. The second-order valence-corrected chi connectivity index (χ2v) is 4.35. The normalized spacial score (nSPS) is 10.8. The summed E-state index contributed by atoms with van der Waals surface area (Å²) in [6, 6.07) is 2.85. The van der Waals surface area contributed by atoms with Crippen LogP contribution in [0.3, 0.4) is 0 Å². The van der Waals surface area contributed by atoms with E-state index in [1.807, 2.05) is 0 Å². The van der Waals surface area contributed by atoms with Crippen LogP contribution in [-0.2, 0) is 0 Å². The van der Waals surface area contributed by atoms with Crippen LogP contribution in [0.25, 0.3) is 17.3 Å². The van der Waals surface area contributed by atoms with Crippen molar-refractivity contribution >= 4 is 5.95 Å². The van der Waals surface area contributed by atoms with Gasteiger partial charge in [0.1, 0.15) is 6.33 Å². The standard InChI is InChI=1S/C13H10F2N6/c1-7-2-3-8(10(15)9(7)14)11-18-12(16)20-13(19-11)21-5-4-17-6-21/h2-6H,1H3,(H2,16,18,19,20). The van der Waals surface area contributed by atoms with Crippen LogP contribution >= 0.6 is 0 Å². The van der Waals surface area contributed by atoms with Crippen molar-refractivity contribution in [1.29, 1.82) is 0 Å². The van der Waals surface area contributed by atoms with E-state index in [1.165, 1.54) is 36.1 Å². The maximum absolute atomic E-state index is 14.0. The lowest BCUT2D eigenvalue weighted by atomic mass is 10.1. The highest BCUT2D eigenvalue weighted by Gasteiger charge is 2.16. The first-order valence-corrected chi connectivity index (χ1v) is 6.01. The molecule has 21 heavy (non-hydrogen) atoms. The predicted octanol–water partition coefficient (Wildman–Crippen LogP) is 1.89. The smallest absolute Gasteiger partial charge is 0.240 e. The van der Waals surface area contributed by atoms with Gasteiger partial charge in [-0.1, -0.05) is 6.07 Å². The van der Waals surface area contributed by atoms with Crippen LogP contribution in [0.15, 0.2) is 30.9 Å². The molecule has 1 aromatic carbocycles. The molecule has 0 aliphatic heterocycles. The van der Waals surface area contributed by atoms with Gasteiger partial charge >= 0.3 is 0 Å². The highest BCUT2D eigenvalue weighted by atomic mass is 19.2. The van der Waals surface area contributed by atoms with Crippen molar-refractivity contribution < 1.29 is 8.78 Å². The molecule has 0 aliphatic carbocycles. The van der Waals surface area contributed by atoms with E-state index in [0.29, 0.717) is 0 Å². The molecule has 0 bridgehead atoms. The van der Waals surface area contributed by atoms with Gasteiger partial charge in [0.15, 0.2) is 17.5 Å². The minimum atomic E-state index is -1.02. The summed E-state index contributed by atoms with van der Waals surface area (Å²) in [6.07, 6.45) is 4.60. The number of anilines is 1. The topological polar surface area (TPSA) is 82.5 Å². The molecule has 2 N–H and O–H groups in total. The van der Waals surface area contributed by atoms with Crippen LogP contribution in [0.5, 0.6) is 0 Å². The van der Waals surface area contributed by atoms with Crippen molar-refractivity contribution in [2.24, 2.45) is 0 Å². The molecule has 0 saturated heterocycles. The summed E-state index contributed by atoms with van der Waals surface area (Å²) >= 11 is 0. The van der Waals surface area contributed by atoms with Crippen LogP contribution in [0, 0.1) is 18.6 Å². The number of nitrogen functional groups attached to an aromatic ring is 1. The van der Waals surface area contributed by atoms with Gasteiger partial charge in [-0.25, -0.2) is 13.8 Å². The molecule has 0 amide bonds. The van der Waals surface area contributed by atoms with Gasteiger partial charge in [0.2, 0.25) is 11.9 Å². The van der Waals surface area contributed by atoms with E-state index in [4.69, 9.17) is 5.73 Å². The molecule has 6 nitrogen and oxygen atoms in total. The lowest BCUT2D eigenvalue weighted by Crippen LogP contribution is -2.07. The molecule has 0 fully saturated rings. The third-order valence-electron chi connectivity index (χ3n) is 2.89. The predicted molar refractivity (Wildman–Crippen MR) is 71.5 cm³/mol. The average Bonchev–Trinajstić information content (AvgIpc) is 2.98. The van der Waals surface area contributed by atoms with Crippen LogP contribution in [-0.4, -0.2) is 24.5 Å². The van der Waals surface area contributed by atoms with Crippen LogP contribution in [0.1, 0.15) is 5.56 Å². The molecule has 3 aromatic rings. The number of hydrogen-bond donors (Lipinski definition) is 1. The molecule has 106 valence electrons. The fraction of sp³-hybridized carbons (Fsp3) is 0.0769. The fourth-order valence-electron chi connectivity index (χ4n) is 1.81. The summed E-state index contributed by atoms with van der Waals surface area (Å²) in [5, 5.41) is 0. The number of rotatable bonds is 2. The lowest BCUT2D eigenvalue weighted by Gasteiger charge is -2.07. The Bertz CT molecular complexity index is 801. The number of halogens is 2. The van der Waals surface area contributed by atoms with E-state index in [2.05, 4.69) is 19.9 Å². The molecule has 2 aromatic heterocycles. The number of nitrogens with two attached hydrogens (primary N) is 1. The van der Waals surface area contributed by atoms with Crippen LogP contribution in [0.4, 0.5) is 14.7 Å². The van der Waals surface area contributed by atoms with E-state index in [-0.39, 0.29) is 28.8 Å². The summed E-state index contributed by atoms with van der Waals surface area (Å²) in [5.74, 6) is -1.91. The van der Waals surface area contributed by atoms with E-state index in [9.17, 15) is 8.78 Å².